The number of unbranched alkanes of at least 4 members (excludes halogenated alkanes) is 1. The number of aliphatic hydroxyl groups is 1. The Labute approximate surface area is 88.9 Å². The van der Waals surface area contributed by atoms with Gasteiger partial charge in [0.05, 0.1) is 0 Å². The average molecular weight is 198 g/mol. The molecule has 0 radical (unpaired) electrons. The zero-order chi connectivity index (χ0) is 10.7. The van der Waals surface area contributed by atoms with E-state index >= 15 is 0 Å². The van der Waals surface area contributed by atoms with Crippen LogP contribution in [0.1, 0.15) is 47.0 Å². The Hall–Kier alpha value is -0.0400. The summed E-state index contributed by atoms with van der Waals surface area (Å²) < 4.78 is 0. The van der Waals surface area contributed by atoms with Crippen LogP contribution in [0.4, 0.5) is 0 Å². The summed E-state index contributed by atoms with van der Waals surface area (Å²) in [6.07, 6.45) is 3.51. The van der Waals surface area contributed by atoms with Gasteiger partial charge in [0.15, 0.2) is 0 Å². The van der Waals surface area contributed by atoms with Crippen LogP contribution in [0.25, 0.3) is 0 Å². The van der Waals surface area contributed by atoms with Gasteiger partial charge in [-0.3, -0.25) is 0 Å². The molecule has 0 aromatic carbocycles. The van der Waals surface area contributed by atoms with Gasteiger partial charge >= 0.3 is 0 Å². The van der Waals surface area contributed by atoms with Crippen molar-refractivity contribution >= 4 is 0 Å². The Bertz CT molecular complexity index is 153. The van der Waals surface area contributed by atoms with E-state index in [0.29, 0.717) is 6.61 Å². The zero-order valence-electron chi connectivity index (χ0n) is 10.2. The van der Waals surface area contributed by atoms with E-state index < -0.39 is 0 Å². The van der Waals surface area contributed by atoms with Gasteiger partial charge < -0.3 is 5.11 Å². The van der Waals surface area contributed by atoms with Crippen LogP contribution in [0.3, 0.4) is 0 Å². The molecule has 0 amide bonds. The highest BCUT2D eigenvalue weighted by Gasteiger charge is 2.40. The van der Waals surface area contributed by atoms with Crippen LogP contribution in [-0.4, -0.2) is 11.7 Å². The van der Waals surface area contributed by atoms with Crippen molar-refractivity contribution in [2.24, 2.45) is 29.6 Å². The molecule has 4 atom stereocenters. The first-order chi connectivity index (χ1) is 6.59. The van der Waals surface area contributed by atoms with Crippen LogP contribution >= 0.6 is 0 Å². The minimum Gasteiger partial charge on any atom is -0.396 e. The molecule has 1 rings (SSSR count). The van der Waals surface area contributed by atoms with Crippen LogP contribution in [0, 0.1) is 29.6 Å². The fourth-order valence-electron chi connectivity index (χ4n) is 3.23. The molecule has 4 unspecified atom stereocenters. The van der Waals surface area contributed by atoms with Crippen molar-refractivity contribution in [3.05, 3.63) is 0 Å². The van der Waals surface area contributed by atoms with Gasteiger partial charge in [0, 0.05) is 6.61 Å². The number of rotatable bonds is 4. The standard InChI is InChI=1S/C13H26O/c1-9-10(2)12(4)13(11(9)3)7-5-6-8-14/h9-14H,5-8H2,1-4H3. The molecular formula is C13H26O. The highest BCUT2D eigenvalue weighted by molar-refractivity contribution is 4.89. The molecule has 1 nitrogen and oxygen atoms in total. The average Bonchev–Trinajstić information content (AvgIpc) is 2.35. The molecule has 1 heteroatoms. The molecule has 1 N–H and O–H groups in total. The van der Waals surface area contributed by atoms with E-state index in [4.69, 9.17) is 5.11 Å². The van der Waals surface area contributed by atoms with E-state index in [-0.39, 0.29) is 0 Å². The largest absolute Gasteiger partial charge is 0.396 e. The minimum atomic E-state index is 0.362. The highest BCUT2D eigenvalue weighted by atomic mass is 16.2. The molecule has 0 aromatic heterocycles. The van der Waals surface area contributed by atoms with Gasteiger partial charge in [-0.25, -0.2) is 0 Å². The van der Waals surface area contributed by atoms with Crippen molar-refractivity contribution in [2.75, 3.05) is 6.61 Å². The molecule has 0 spiro atoms. The molecule has 0 saturated heterocycles. The predicted octanol–water partition coefficient (Wildman–Crippen LogP) is 3.32. The second-order valence-corrected chi connectivity index (χ2v) is 5.32. The summed E-state index contributed by atoms with van der Waals surface area (Å²) in [5.74, 6) is 4.40. The minimum absolute atomic E-state index is 0.362. The molecule has 0 aromatic rings. The smallest absolute Gasteiger partial charge is 0.0431 e. The maximum atomic E-state index is 8.78. The Morgan fingerprint density at radius 2 is 1.29 bits per heavy atom. The van der Waals surface area contributed by atoms with Crippen molar-refractivity contribution in [2.45, 2.75) is 47.0 Å². The molecule has 0 bridgehead atoms. The molecule has 1 aliphatic rings. The summed E-state index contributed by atoms with van der Waals surface area (Å²) in [6.45, 7) is 9.99. The Morgan fingerprint density at radius 3 is 1.71 bits per heavy atom. The SMILES string of the molecule is CC1C(C)C(C)C(CCCCO)C1C. The van der Waals surface area contributed by atoms with Crippen LogP contribution in [0.2, 0.25) is 0 Å². The van der Waals surface area contributed by atoms with E-state index in [1.54, 1.807) is 0 Å². The summed E-state index contributed by atoms with van der Waals surface area (Å²) in [5.41, 5.74) is 0. The van der Waals surface area contributed by atoms with Crippen LogP contribution in [-0.2, 0) is 0 Å². The first-order valence-electron chi connectivity index (χ1n) is 6.20. The lowest BCUT2D eigenvalue weighted by Crippen LogP contribution is -2.13. The van der Waals surface area contributed by atoms with E-state index in [2.05, 4.69) is 27.7 Å². The highest BCUT2D eigenvalue weighted by Crippen LogP contribution is 2.47. The summed E-state index contributed by atoms with van der Waals surface area (Å²) in [6, 6.07) is 0. The molecule has 1 aliphatic carbocycles. The first kappa shape index (κ1) is 12.0. The fourth-order valence-corrected chi connectivity index (χ4v) is 3.23. The van der Waals surface area contributed by atoms with Crippen molar-refractivity contribution in [3.8, 4) is 0 Å². The second kappa shape index (κ2) is 5.16. The molecule has 0 aliphatic heterocycles. The maximum absolute atomic E-state index is 8.78. The van der Waals surface area contributed by atoms with E-state index in [0.717, 1.165) is 36.0 Å². The number of aliphatic hydroxyl groups excluding tert-OH is 1. The maximum Gasteiger partial charge on any atom is 0.0431 e. The lowest BCUT2D eigenvalue weighted by Gasteiger charge is -2.20. The van der Waals surface area contributed by atoms with Gasteiger partial charge in [-0.1, -0.05) is 34.1 Å². The molecule has 0 heterocycles. The van der Waals surface area contributed by atoms with Crippen molar-refractivity contribution in [1.82, 2.24) is 0 Å². The Balaban J connectivity index is 2.43. The lowest BCUT2D eigenvalue weighted by molar-refractivity contribution is 0.253. The third-order valence-corrected chi connectivity index (χ3v) is 4.78. The van der Waals surface area contributed by atoms with Crippen molar-refractivity contribution in [1.29, 1.82) is 0 Å². The van der Waals surface area contributed by atoms with Gasteiger partial charge in [-0.15, -0.1) is 0 Å². The van der Waals surface area contributed by atoms with Crippen LogP contribution in [0.15, 0.2) is 0 Å². The molecule has 1 fully saturated rings. The zero-order valence-corrected chi connectivity index (χ0v) is 10.2. The van der Waals surface area contributed by atoms with Crippen molar-refractivity contribution < 1.29 is 5.11 Å². The third-order valence-electron chi connectivity index (χ3n) is 4.78. The molecular weight excluding hydrogens is 172 g/mol. The normalized spacial score (nSPS) is 43.1. The van der Waals surface area contributed by atoms with Gasteiger partial charge in [-0.2, -0.15) is 0 Å². The summed E-state index contributed by atoms with van der Waals surface area (Å²) >= 11 is 0. The van der Waals surface area contributed by atoms with E-state index in [9.17, 15) is 0 Å². The molecule has 1 saturated carbocycles. The summed E-state index contributed by atoms with van der Waals surface area (Å²) in [5, 5.41) is 8.78. The van der Waals surface area contributed by atoms with Gasteiger partial charge in [0.25, 0.3) is 0 Å². The Kier molecular flexibility index (Phi) is 4.43. The monoisotopic (exact) mass is 198 g/mol. The number of hydrogen-bond donors (Lipinski definition) is 1. The quantitative estimate of drug-likeness (QED) is 0.687. The lowest BCUT2D eigenvalue weighted by atomic mass is 9.85. The topological polar surface area (TPSA) is 20.2 Å². The summed E-state index contributed by atoms with van der Waals surface area (Å²) in [7, 11) is 0. The van der Waals surface area contributed by atoms with Crippen molar-refractivity contribution in [3.63, 3.8) is 0 Å². The first-order valence-corrected chi connectivity index (χ1v) is 6.20. The van der Waals surface area contributed by atoms with E-state index in [1.807, 2.05) is 0 Å². The van der Waals surface area contributed by atoms with Gasteiger partial charge in [0.1, 0.15) is 0 Å². The van der Waals surface area contributed by atoms with E-state index in [1.165, 1.54) is 12.8 Å². The van der Waals surface area contributed by atoms with Gasteiger partial charge in [0.2, 0.25) is 0 Å². The molecule has 14 heavy (non-hydrogen) atoms. The predicted molar refractivity (Wildman–Crippen MR) is 61.1 cm³/mol. The summed E-state index contributed by atoms with van der Waals surface area (Å²) in [4.78, 5) is 0. The van der Waals surface area contributed by atoms with Crippen LogP contribution in [0.5, 0.6) is 0 Å². The second-order valence-electron chi connectivity index (χ2n) is 5.32. The third kappa shape index (κ3) is 2.31. The number of hydrogen-bond acceptors (Lipinski definition) is 1. The van der Waals surface area contributed by atoms with Crippen LogP contribution < -0.4 is 0 Å². The molecule has 84 valence electrons. The fraction of sp³-hybridized carbons (Fsp3) is 1.00. The Morgan fingerprint density at radius 1 is 0.786 bits per heavy atom. The van der Waals surface area contributed by atoms with Gasteiger partial charge in [-0.05, 0) is 42.4 Å².